The molecule has 1 heterocycles. The highest BCUT2D eigenvalue weighted by molar-refractivity contribution is 5.76. The Hall–Kier alpha value is -1.35. The maximum Gasteiger partial charge on any atom is 0.110 e. The molecule has 0 aliphatic heterocycles. The number of benzene rings is 1. The molecular weight excluding hydrogens is 246 g/mol. The minimum absolute atomic E-state index is 0.243. The second-order valence-corrected chi connectivity index (χ2v) is 6.67. The molecule has 1 aromatic heterocycles. The quantitative estimate of drug-likeness (QED) is 0.894. The van der Waals surface area contributed by atoms with Gasteiger partial charge in [0.1, 0.15) is 5.82 Å². The van der Waals surface area contributed by atoms with Gasteiger partial charge in [0.15, 0.2) is 0 Å². The topological polar surface area (TPSA) is 54.7 Å². The molecule has 2 aliphatic rings. The van der Waals surface area contributed by atoms with Crippen LogP contribution >= 0.6 is 0 Å². The molecule has 0 bridgehead atoms. The highest BCUT2D eigenvalue weighted by atomic mass is 14.9. The fraction of sp³-hybridized carbons (Fsp3) is 0.588. The highest BCUT2D eigenvalue weighted by Crippen LogP contribution is 2.43. The van der Waals surface area contributed by atoms with E-state index in [0.717, 1.165) is 12.1 Å². The lowest BCUT2D eigenvalue weighted by atomic mass is 9.64. The third kappa shape index (κ3) is 1.80. The highest BCUT2D eigenvalue weighted by Gasteiger charge is 2.37. The van der Waals surface area contributed by atoms with Gasteiger partial charge in [-0.15, -0.1) is 0 Å². The molecule has 0 amide bonds. The van der Waals surface area contributed by atoms with E-state index in [4.69, 9.17) is 10.7 Å². The first-order valence-electron chi connectivity index (χ1n) is 8.01. The lowest BCUT2D eigenvalue weighted by molar-refractivity contribution is 0.253. The molecular formula is C17H23N3. The van der Waals surface area contributed by atoms with Crippen LogP contribution in [0.3, 0.4) is 0 Å². The Balaban J connectivity index is 1.72. The summed E-state index contributed by atoms with van der Waals surface area (Å²) in [7, 11) is 0. The van der Waals surface area contributed by atoms with Crippen molar-refractivity contribution in [2.75, 3.05) is 6.54 Å². The molecule has 2 aromatic rings. The van der Waals surface area contributed by atoms with Crippen molar-refractivity contribution < 1.29 is 0 Å². The fourth-order valence-corrected chi connectivity index (χ4v) is 3.97. The average Bonchev–Trinajstić information content (AvgIpc) is 3.06. The van der Waals surface area contributed by atoms with E-state index in [1.165, 1.54) is 61.9 Å². The zero-order valence-electron chi connectivity index (χ0n) is 12.0. The first-order chi connectivity index (χ1) is 9.81. The smallest absolute Gasteiger partial charge is 0.110 e. The van der Waals surface area contributed by atoms with Crippen molar-refractivity contribution in [3.8, 4) is 0 Å². The van der Waals surface area contributed by atoms with Crippen LogP contribution in [0.2, 0.25) is 0 Å². The molecule has 0 radical (unpaired) electrons. The number of imidazole rings is 1. The summed E-state index contributed by atoms with van der Waals surface area (Å²) in [6, 6.07) is 6.72. The predicted molar refractivity (Wildman–Crippen MR) is 81.9 cm³/mol. The third-order valence-electron chi connectivity index (χ3n) is 5.56. The molecule has 0 atom stereocenters. The van der Waals surface area contributed by atoms with E-state index in [0.29, 0.717) is 5.92 Å². The van der Waals surface area contributed by atoms with Gasteiger partial charge in [-0.05, 0) is 43.4 Å². The van der Waals surface area contributed by atoms with Gasteiger partial charge in [0.25, 0.3) is 0 Å². The monoisotopic (exact) mass is 269 g/mol. The maximum absolute atomic E-state index is 6.02. The van der Waals surface area contributed by atoms with E-state index >= 15 is 0 Å². The third-order valence-corrected chi connectivity index (χ3v) is 5.56. The van der Waals surface area contributed by atoms with Crippen molar-refractivity contribution in [1.82, 2.24) is 9.97 Å². The minimum atomic E-state index is 0.243. The van der Waals surface area contributed by atoms with Gasteiger partial charge in [0.05, 0.1) is 11.0 Å². The summed E-state index contributed by atoms with van der Waals surface area (Å²) in [6.07, 6.45) is 9.06. The molecule has 4 rings (SSSR count). The SMILES string of the molecule is NCC1(c2ccc3nc(C4CCCC4)[nH]c3c2)CCC1. The van der Waals surface area contributed by atoms with Gasteiger partial charge in [-0.25, -0.2) is 4.98 Å². The van der Waals surface area contributed by atoms with Crippen LogP contribution in [0, 0.1) is 0 Å². The van der Waals surface area contributed by atoms with Crippen LogP contribution in [-0.2, 0) is 5.41 Å². The minimum Gasteiger partial charge on any atom is -0.342 e. The van der Waals surface area contributed by atoms with Crippen LogP contribution in [-0.4, -0.2) is 16.5 Å². The Morgan fingerprint density at radius 1 is 1.20 bits per heavy atom. The Morgan fingerprint density at radius 2 is 2.00 bits per heavy atom. The molecule has 1 aromatic carbocycles. The van der Waals surface area contributed by atoms with Gasteiger partial charge in [0, 0.05) is 17.9 Å². The van der Waals surface area contributed by atoms with Crippen LogP contribution in [0.1, 0.15) is 62.3 Å². The number of rotatable bonds is 3. The molecule has 3 N–H and O–H groups in total. The lowest BCUT2D eigenvalue weighted by Gasteiger charge is -2.41. The summed E-state index contributed by atoms with van der Waals surface area (Å²) in [5.74, 6) is 1.85. The standard InChI is InChI=1S/C17H23N3/c18-11-17(8-3-9-17)13-6-7-14-15(10-13)20-16(19-14)12-4-1-2-5-12/h6-7,10,12H,1-5,8-9,11,18H2,(H,19,20). The van der Waals surface area contributed by atoms with Crippen molar-refractivity contribution in [3.63, 3.8) is 0 Å². The number of aromatic nitrogens is 2. The van der Waals surface area contributed by atoms with Gasteiger partial charge in [0.2, 0.25) is 0 Å². The summed E-state index contributed by atoms with van der Waals surface area (Å²) >= 11 is 0. The molecule has 2 fully saturated rings. The second-order valence-electron chi connectivity index (χ2n) is 6.67. The number of H-pyrrole nitrogens is 1. The van der Waals surface area contributed by atoms with Gasteiger partial charge in [-0.1, -0.05) is 25.3 Å². The van der Waals surface area contributed by atoms with E-state index < -0.39 is 0 Å². The van der Waals surface area contributed by atoms with Crippen molar-refractivity contribution in [3.05, 3.63) is 29.6 Å². The van der Waals surface area contributed by atoms with Crippen LogP contribution in [0.25, 0.3) is 11.0 Å². The number of hydrogen-bond donors (Lipinski definition) is 2. The molecule has 0 spiro atoms. The molecule has 2 aliphatic carbocycles. The molecule has 20 heavy (non-hydrogen) atoms. The Morgan fingerprint density at radius 3 is 2.65 bits per heavy atom. The molecule has 0 unspecified atom stereocenters. The first kappa shape index (κ1) is 12.4. The fourth-order valence-electron chi connectivity index (χ4n) is 3.97. The van der Waals surface area contributed by atoms with E-state index in [2.05, 4.69) is 23.2 Å². The molecule has 0 saturated heterocycles. The maximum atomic E-state index is 6.02. The number of nitrogens with one attached hydrogen (secondary N) is 1. The first-order valence-corrected chi connectivity index (χ1v) is 8.01. The summed E-state index contributed by atoms with van der Waals surface area (Å²) in [5.41, 5.74) is 9.98. The zero-order valence-corrected chi connectivity index (χ0v) is 12.0. The Bertz CT molecular complexity index is 613. The van der Waals surface area contributed by atoms with Crippen LogP contribution in [0.15, 0.2) is 18.2 Å². The Kier molecular flexibility index (Phi) is 2.84. The predicted octanol–water partition coefficient (Wildman–Crippen LogP) is 3.60. The summed E-state index contributed by atoms with van der Waals surface area (Å²) in [4.78, 5) is 8.37. The normalized spacial score (nSPS) is 22.2. The summed E-state index contributed by atoms with van der Waals surface area (Å²) < 4.78 is 0. The number of nitrogens with zero attached hydrogens (tertiary/aromatic N) is 1. The Labute approximate surface area is 120 Å². The molecule has 106 valence electrons. The molecule has 3 nitrogen and oxygen atoms in total. The van der Waals surface area contributed by atoms with E-state index in [-0.39, 0.29) is 5.41 Å². The van der Waals surface area contributed by atoms with E-state index in [1.54, 1.807) is 0 Å². The molecule has 3 heteroatoms. The summed E-state index contributed by atoms with van der Waals surface area (Å²) in [5, 5.41) is 0. The van der Waals surface area contributed by atoms with Crippen LogP contribution < -0.4 is 5.73 Å². The van der Waals surface area contributed by atoms with E-state index in [9.17, 15) is 0 Å². The van der Waals surface area contributed by atoms with Crippen LogP contribution in [0.5, 0.6) is 0 Å². The number of nitrogens with two attached hydrogens (primary N) is 1. The number of aromatic amines is 1. The largest absolute Gasteiger partial charge is 0.342 e. The van der Waals surface area contributed by atoms with Crippen molar-refractivity contribution >= 4 is 11.0 Å². The van der Waals surface area contributed by atoms with Crippen molar-refractivity contribution in [2.24, 2.45) is 5.73 Å². The lowest BCUT2D eigenvalue weighted by Crippen LogP contribution is -2.41. The number of hydrogen-bond acceptors (Lipinski definition) is 2. The van der Waals surface area contributed by atoms with E-state index in [1.807, 2.05) is 0 Å². The second kappa shape index (κ2) is 4.59. The van der Waals surface area contributed by atoms with Gasteiger partial charge in [-0.2, -0.15) is 0 Å². The zero-order chi connectivity index (χ0) is 13.6. The number of fused-ring (bicyclic) bond motifs is 1. The van der Waals surface area contributed by atoms with Gasteiger partial charge >= 0.3 is 0 Å². The van der Waals surface area contributed by atoms with Gasteiger partial charge in [-0.3, -0.25) is 0 Å². The van der Waals surface area contributed by atoms with Gasteiger partial charge < -0.3 is 10.7 Å². The van der Waals surface area contributed by atoms with Crippen LogP contribution in [0.4, 0.5) is 0 Å². The average molecular weight is 269 g/mol. The summed E-state index contributed by atoms with van der Waals surface area (Å²) in [6.45, 7) is 0.766. The van der Waals surface area contributed by atoms with Crippen molar-refractivity contribution in [2.45, 2.75) is 56.3 Å². The molecule has 2 saturated carbocycles. The van der Waals surface area contributed by atoms with Crippen molar-refractivity contribution in [1.29, 1.82) is 0 Å².